The predicted molar refractivity (Wildman–Crippen MR) is 89.4 cm³/mol. The summed E-state index contributed by atoms with van der Waals surface area (Å²) in [6.07, 6.45) is 2.18. The first-order valence-electron chi connectivity index (χ1n) is 8.06. The highest BCUT2D eigenvalue weighted by molar-refractivity contribution is 7.89. The first-order valence-corrected chi connectivity index (χ1v) is 9.50. The second kappa shape index (κ2) is 7.90. The maximum atomic E-state index is 12.8. The summed E-state index contributed by atoms with van der Waals surface area (Å²) in [6, 6.07) is 7.01. The highest BCUT2D eigenvalue weighted by Gasteiger charge is 2.33. The standard InChI is InChI=1S/C16H25N3O3S/c1-2-13-5-3-7-15(11-13)23(21,22)19-10-4-6-14(12-19)16(20)18-9-8-17/h3,5,7,11,14H,2,4,6,8-10,12,17H2,1H3,(H,18,20). The van der Waals surface area contributed by atoms with E-state index in [2.05, 4.69) is 5.32 Å². The molecule has 0 bridgehead atoms. The molecule has 1 aliphatic rings. The van der Waals surface area contributed by atoms with Gasteiger partial charge in [0.1, 0.15) is 0 Å². The fourth-order valence-electron chi connectivity index (χ4n) is 2.79. The third-order valence-electron chi connectivity index (χ3n) is 4.14. The van der Waals surface area contributed by atoms with Crippen molar-refractivity contribution in [3.8, 4) is 0 Å². The molecule has 1 fully saturated rings. The number of nitrogens with two attached hydrogens (primary N) is 1. The summed E-state index contributed by atoms with van der Waals surface area (Å²) < 4.78 is 27.1. The molecule has 23 heavy (non-hydrogen) atoms. The van der Waals surface area contributed by atoms with Crippen LogP contribution in [0.1, 0.15) is 25.3 Å². The lowest BCUT2D eigenvalue weighted by Crippen LogP contribution is -2.46. The third-order valence-corrected chi connectivity index (χ3v) is 6.00. The summed E-state index contributed by atoms with van der Waals surface area (Å²) in [4.78, 5) is 12.4. The van der Waals surface area contributed by atoms with Gasteiger partial charge in [0, 0.05) is 26.2 Å². The number of hydrogen-bond donors (Lipinski definition) is 2. The molecule has 0 saturated carbocycles. The van der Waals surface area contributed by atoms with Crippen LogP contribution in [-0.2, 0) is 21.2 Å². The predicted octanol–water partition coefficient (Wildman–Crippen LogP) is 0.725. The smallest absolute Gasteiger partial charge is 0.243 e. The summed E-state index contributed by atoms with van der Waals surface area (Å²) in [7, 11) is -3.55. The van der Waals surface area contributed by atoms with Crippen molar-refractivity contribution < 1.29 is 13.2 Å². The van der Waals surface area contributed by atoms with Gasteiger partial charge in [-0.3, -0.25) is 4.79 Å². The van der Waals surface area contributed by atoms with Crippen molar-refractivity contribution in [2.45, 2.75) is 31.1 Å². The van der Waals surface area contributed by atoms with Crippen molar-refractivity contribution in [2.75, 3.05) is 26.2 Å². The molecular weight excluding hydrogens is 314 g/mol. The van der Waals surface area contributed by atoms with Gasteiger partial charge in [0.15, 0.2) is 0 Å². The molecule has 1 amide bonds. The van der Waals surface area contributed by atoms with Gasteiger partial charge < -0.3 is 11.1 Å². The second-order valence-electron chi connectivity index (χ2n) is 5.78. The summed E-state index contributed by atoms with van der Waals surface area (Å²) in [6.45, 7) is 3.48. The van der Waals surface area contributed by atoms with Crippen molar-refractivity contribution in [1.29, 1.82) is 0 Å². The van der Waals surface area contributed by atoms with Gasteiger partial charge >= 0.3 is 0 Å². The van der Waals surface area contributed by atoms with Gasteiger partial charge in [0.05, 0.1) is 10.8 Å². The molecule has 1 saturated heterocycles. The zero-order valence-electron chi connectivity index (χ0n) is 13.5. The maximum Gasteiger partial charge on any atom is 0.243 e. The van der Waals surface area contributed by atoms with Gasteiger partial charge in [0.25, 0.3) is 0 Å². The summed E-state index contributed by atoms with van der Waals surface area (Å²) in [5.74, 6) is -0.419. The fraction of sp³-hybridized carbons (Fsp3) is 0.562. The lowest BCUT2D eigenvalue weighted by molar-refractivity contribution is -0.126. The van der Waals surface area contributed by atoms with Gasteiger partial charge in [-0.25, -0.2) is 8.42 Å². The van der Waals surface area contributed by atoms with E-state index in [4.69, 9.17) is 5.73 Å². The maximum absolute atomic E-state index is 12.8. The number of nitrogens with one attached hydrogen (secondary N) is 1. The lowest BCUT2D eigenvalue weighted by atomic mass is 9.99. The normalized spacial score (nSPS) is 19.5. The summed E-state index contributed by atoms with van der Waals surface area (Å²) in [5.41, 5.74) is 6.37. The quantitative estimate of drug-likeness (QED) is 0.799. The number of carbonyl (C=O) groups is 1. The highest BCUT2D eigenvalue weighted by atomic mass is 32.2. The number of sulfonamides is 1. The molecule has 7 heteroatoms. The average Bonchev–Trinajstić information content (AvgIpc) is 2.59. The van der Waals surface area contributed by atoms with Gasteiger partial charge in [-0.2, -0.15) is 4.31 Å². The van der Waals surface area contributed by atoms with Crippen molar-refractivity contribution in [3.05, 3.63) is 29.8 Å². The Labute approximate surface area is 138 Å². The molecule has 6 nitrogen and oxygen atoms in total. The molecule has 3 N–H and O–H groups in total. The number of carbonyl (C=O) groups excluding carboxylic acids is 1. The molecule has 0 aromatic heterocycles. The van der Waals surface area contributed by atoms with E-state index in [0.717, 1.165) is 12.0 Å². The highest BCUT2D eigenvalue weighted by Crippen LogP contribution is 2.24. The molecule has 1 aliphatic heterocycles. The van der Waals surface area contributed by atoms with Crippen LogP contribution in [0.15, 0.2) is 29.2 Å². The Morgan fingerprint density at radius 1 is 1.43 bits per heavy atom. The zero-order valence-corrected chi connectivity index (χ0v) is 14.3. The van der Waals surface area contributed by atoms with Crippen molar-refractivity contribution >= 4 is 15.9 Å². The van der Waals surface area contributed by atoms with Gasteiger partial charge in [0.2, 0.25) is 15.9 Å². The van der Waals surface area contributed by atoms with Crippen LogP contribution >= 0.6 is 0 Å². The van der Waals surface area contributed by atoms with E-state index in [1.54, 1.807) is 18.2 Å². The van der Waals surface area contributed by atoms with Crippen LogP contribution in [0.2, 0.25) is 0 Å². The van der Waals surface area contributed by atoms with Gasteiger partial charge in [-0.15, -0.1) is 0 Å². The van der Waals surface area contributed by atoms with Crippen molar-refractivity contribution in [1.82, 2.24) is 9.62 Å². The van der Waals surface area contributed by atoms with Crippen LogP contribution in [0.4, 0.5) is 0 Å². The number of nitrogens with zero attached hydrogens (tertiary/aromatic N) is 1. The number of piperidine rings is 1. The summed E-state index contributed by atoms with van der Waals surface area (Å²) in [5, 5.41) is 2.75. The Bertz CT molecular complexity index is 646. The van der Waals surface area contributed by atoms with Gasteiger partial charge in [-0.05, 0) is 37.0 Å². The van der Waals surface area contributed by atoms with E-state index in [-0.39, 0.29) is 18.4 Å². The Morgan fingerprint density at radius 3 is 2.91 bits per heavy atom. The molecular formula is C16H25N3O3S. The molecule has 0 aliphatic carbocycles. The number of rotatable bonds is 6. The Morgan fingerprint density at radius 2 is 2.22 bits per heavy atom. The summed E-state index contributed by atoms with van der Waals surface area (Å²) >= 11 is 0. The minimum absolute atomic E-state index is 0.113. The topological polar surface area (TPSA) is 92.5 Å². The minimum Gasteiger partial charge on any atom is -0.355 e. The van der Waals surface area contributed by atoms with Crippen LogP contribution in [0, 0.1) is 5.92 Å². The SMILES string of the molecule is CCc1cccc(S(=O)(=O)N2CCCC(C(=O)NCCN)C2)c1. The molecule has 0 radical (unpaired) electrons. The molecule has 2 rings (SSSR count). The molecule has 128 valence electrons. The van der Waals surface area contributed by atoms with E-state index < -0.39 is 10.0 Å². The molecule has 1 aromatic carbocycles. The number of amides is 1. The molecule has 1 atom stereocenters. The first-order chi connectivity index (χ1) is 11.0. The van der Waals surface area contributed by atoms with Gasteiger partial charge in [-0.1, -0.05) is 19.1 Å². The second-order valence-corrected chi connectivity index (χ2v) is 7.72. The zero-order chi connectivity index (χ0) is 16.9. The number of aryl methyl sites for hydroxylation is 1. The van der Waals surface area contributed by atoms with Crippen LogP contribution in [0.5, 0.6) is 0 Å². The molecule has 0 spiro atoms. The van der Waals surface area contributed by atoms with E-state index in [0.29, 0.717) is 37.4 Å². The van der Waals surface area contributed by atoms with Crippen LogP contribution in [0.25, 0.3) is 0 Å². The minimum atomic E-state index is -3.55. The van der Waals surface area contributed by atoms with Crippen LogP contribution in [-0.4, -0.2) is 44.8 Å². The van der Waals surface area contributed by atoms with Crippen LogP contribution in [0.3, 0.4) is 0 Å². The Hall–Kier alpha value is -1.44. The van der Waals surface area contributed by atoms with E-state index in [1.165, 1.54) is 4.31 Å². The molecule has 1 heterocycles. The van der Waals surface area contributed by atoms with Crippen LogP contribution < -0.4 is 11.1 Å². The van der Waals surface area contributed by atoms with Crippen molar-refractivity contribution in [2.24, 2.45) is 11.7 Å². The Kier molecular flexibility index (Phi) is 6.15. The Balaban J connectivity index is 2.14. The first kappa shape index (κ1) is 17.9. The van der Waals surface area contributed by atoms with Crippen molar-refractivity contribution in [3.63, 3.8) is 0 Å². The van der Waals surface area contributed by atoms with E-state index in [1.807, 2.05) is 13.0 Å². The average molecular weight is 339 g/mol. The monoisotopic (exact) mass is 339 g/mol. The largest absolute Gasteiger partial charge is 0.355 e. The number of hydrogen-bond acceptors (Lipinski definition) is 4. The number of benzene rings is 1. The fourth-order valence-corrected chi connectivity index (χ4v) is 4.38. The third kappa shape index (κ3) is 4.31. The van der Waals surface area contributed by atoms with E-state index >= 15 is 0 Å². The van der Waals surface area contributed by atoms with E-state index in [9.17, 15) is 13.2 Å². The molecule has 1 unspecified atom stereocenters. The lowest BCUT2D eigenvalue weighted by Gasteiger charge is -2.31. The molecule has 1 aromatic rings.